The molecule has 1 fully saturated rings. The van der Waals surface area contributed by atoms with Gasteiger partial charge in [0.15, 0.2) is 0 Å². The molecule has 0 unspecified atom stereocenters. The summed E-state index contributed by atoms with van der Waals surface area (Å²) in [5.41, 5.74) is 0. The molecule has 0 bridgehead atoms. The van der Waals surface area contributed by atoms with Gasteiger partial charge in [0.2, 0.25) is 0 Å². The molecule has 1 nitrogen and oxygen atoms in total. The fraction of sp³-hybridized carbons (Fsp3) is 1.00. The van der Waals surface area contributed by atoms with E-state index in [1.807, 2.05) is 0 Å². The molecular weight excluding hydrogens is 170 g/mol. The van der Waals surface area contributed by atoms with Crippen molar-refractivity contribution in [1.29, 1.82) is 0 Å². The Labute approximate surface area is 89.9 Å². The average Bonchev–Trinajstić information content (AvgIpc) is 2.18. The minimum absolute atomic E-state index is 0.870. The first-order chi connectivity index (χ1) is 6.70. The molecule has 0 amide bonds. The zero-order valence-corrected chi connectivity index (χ0v) is 10.3. The summed E-state index contributed by atoms with van der Waals surface area (Å²) in [6.45, 7) is 5.95. The average molecular weight is 197 g/mol. The second-order valence-electron chi connectivity index (χ2n) is 5.31. The van der Waals surface area contributed by atoms with Crippen LogP contribution in [-0.2, 0) is 0 Å². The molecule has 0 atom stereocenters. The van der Waals surface area contributed by atoms with E-state index >= 15 is 0 Å². The Morgan fingerprint density at radius 1 is 1.14 bits per heavy atom. The molecule has 0 aromatic rings. The van der Waals surface area contributed by atoms with Crippen molar-refractivity contribution in [3.05, 3.63) is 0 Å². The van der Waals surface area contributed by atoms with Crippen molar-refractivity contribution >= 4 is 0 Å². The summed E-state index contributed by atoms with van der Waals surface area (Å²) in [5, 5.41) is 0. The van der Waals surface area contributed by atoms with Gasteiger partial charge in [0.05, 0.1) is 0 Å². The van der Waals surface area contributed by atoms with Gasteiger partial charge in [-0.05, 0) is 45.2 Å². The van der Waals surface area contributed by atoms with Crippen LogP contribution < -0.4 is 0 Å². The van der Waals surface area contributed by atoms with Gasteiger partial charge in [0.25, 0.3) is 0 Å². The predicted molar refractivity (Wildman–Crippen MR) is 63.6 cm³/mol. The van der Waals surface area contributed by atoms with Gasteiger partial charge >= 0.3 is 0 Å². The van der Waals surface area contributed by atoms with Gasteiger partial charge in [0, 0.05) is 6.04 Å². The summed E-state index contributed by atoms with van der Waals surface area (Å²) < 4.78 is 0. The lowest BCUT2D eigenvalue weighted by Gasteiger charge is -2.31. The van der Waals surface area contributed by atoms with E-state index < -0.39 is 0 Å². The third kappa shape index (κ3) is 4.45. The van der Waals surface area contributed by atoms with Crippen LogP contribution in [0, 0.1) is 5.92 Å². The van der Waals surface area contributed by atoms with Crippen LogP contribution in [0.2, 0.25) is 0 Å². The highest BCUT2D eigenvalue weighted by Gasteiger charge is 2.17. The SMILES string of the molecule is CC(C)CCCN(C)C1CCCCC1. The van der Waals surface area contributed by atoms with Crippen LogP contribution in [0.25, 0.3) is 0 Å². The number of hydrogen-bond donors (Lipinski definition) is 0. The van der Waals surface area contributed by atoms with Gasteiger partial charge in [-0.25, -0.2) is 0 Å². The molecular formula is C13H27N. The molecule has 0 aromatic heterocycles. The first-order valence-electron chi connectivity index (χ1n) is 6.40. The van der Waals surface area contributed by atoms with Gasteiger partial charge in [-0.2, -0.15) is 0 Å². The molecule has 0 spiro atoms. The van der Waals surface area contributed by atoms with Crippen molar-refractivity contribution in [3.8, 4) is 0 Å². The van der Waals surface area contributed by atoms with Crippen LogP contribution in [0.1, 0.15) is 58.8 Å². The second kappa shape index (κ2) is 6.44. The van der Waals surface area contributed by atoms with Gasteiger partial charge in [0.1, 0.15) is 0 Å². The van der Waals surface area contributed by atoms with Crippen molar-refractivity contribution in [2.75, 3.05) is 13.6 Å². The minimum Gasteiger partial charge on any atom is -0.303 e. The smallest absolute Gasteiger partial charge is 0.00922 e. The number of rotatable bonds is 5. The molecule has 0 radical (unpaired) electrons. The van der Waals surface area contributed by atoms with Gasteiger partial charge < -0.3 is 4.90 Å². The first-order valence-corrected chi connectivity index (χ1v) is 6.40. The Balaban J connectivity index is 2.10. The molecule has 0 aromatic carbocycles. The quantitative estimate of drug-likeness (QED) is 0.650. The normalized spacial score (nSPS) is 19.5. The second-order valence-corrected chi connectivity index (χ2v) is 5.31. The molecule has 1 rings (SSSR count). The van der Waals surface area contributed by atoms with Crippen molar-refractivity contribution in [2.24, 2.45) is 5.92 Å². The monoisotopic (exact) mass is 197 g/mol. The fourth-order valence-corrected chi connectivity index (χ4v) is 2.45. The Hall–Kier alpha value is -0.0400. The highest BCUT2D eigenvalue weighted by Crippen LogP contribution is 2.21. The van der Waals surface area contributed by atoms with E-state index in [0.29, 0.717) is 0 Å². The van der Waals surface area contributed by atoms with E-state index in [4.69, 9.17) is 0 Å². The highest BCUT2D eigenvalue weighted by atomic mass is 15.1. The number of nitrogens with zero attached hydrogens (tertiary/aromatic N) is 1. The molecule has 14 heavy (non-hydrogen) atoms. The molecule has 0 aliphatic heterocycles. The predicted octanol–water partition coefficient (Wildman–Crippen LogP) is 3.69. The zero-order valence-electron chi connectivity index (χ0n) is 10.3. The summed E-state index contributed by atoms with van der Waals surface area (Å²) in [5.74, 6) is 0.870. The molecule has 1 aliphatic rings. The lowest BCUT2D eigenvalue weighted by atomic mass is 9.94. The van der Waals surface area contributed by atoms with Crippen LogP contribution in [0.4, 0.5) is 0 Å². The van der Waals surface area contributed by atoms with Gasteiger partial charge in [-0.3, -0.25) is 0 Å². The van der Waals surface area contributed by atoms with E-state index in [2.05, 4.69) is 25.8 Å². The van der Waals surface area contributed by atoms with E-state index in [0.717, 1.165) is 12.0 Å². The maximum Gasteiger partial charge on any atom is 0.00922 e. The lowest BCUT2D eigenvalue weighted by molar-refractivity contribution is 0.186. The molecule has 84 valence electrons. The summed E-state index contributed by atoms with van der Waals surface area (Å²) >= 11 is 0. The topological polar surface area (TPSA) is 3.24 Å². The van der Waals surface area contributed by atoms with Gasteiger partial charge in [-0.15, -0.1) is 0 Å². The minimum atomic E-state index is 0.870. The number of hydrogen-bond acceptors (Lipinski definition) is 1. The van der Waals surface area contributed by atoms with Crippen LogP contribution in [0.5, 0.6) is 0 Å². The molecule has 1 saturated carbocycles. The summed E-state index contributed by atoms with van der Waals surface area (Å²) in [4.78, 5) is 2.60. The van der Waals surface area contributed by atoms with Crippen LogP contribution in [0.15, 0.2) is 0 Å². The molecule has 1 heteroatoms. The molecule has 1 aliphatic carbocycles. The van der Waals surface area contributed by atoms with Crippen molar-refractivity contribution in [3.63, 3.8) is 0 Å². The van der Waals surface area contributed by atoms with Gasteiger partial charge in [-0.1, -0.05) is 33.1 Å². The summed E-state index contributed by atoms with van der Waals surface area (Å²) in [7, 11) is 2.32. The highest BCUT2D eigenvalue weighted by molar-refractivity contribution is 4.73. The Morgan fingerprint density at radius 2 is 1.79 bits per heavy atom. The van der Waals surface area contributed by atoms with E-state index in [1.54, 1.807) is 0 Å². The van der Waals surface area contributed by atoms with Crippen molar-refractivity contribution in [2.45, 2.75) is 64.8 Å². The Kier molecular flexibility index (Phi) is 5.54. The maximum absolute atomic E-state index is 2.60. The maximum atomic E-state index is 2.60. The lowest BCUT2D eigenvalue weighted by Crippen LogP contribution is -2.34. The van der Waals surface area contributed by atoms with Crippen molar-refractivity contribution < 1.29 is 0 Å². The Bertz CT molecular complexity index is 136. The molecule has 0 saturated heterocycles. The molecule has 0 N–H and O–H groups in total. The van der Waals surface area contributed by atoms with Crippen LogP contribution in [-0.4, -0.2) is 24.5 Å². The third-order valence-electron chi connectivity index (χ3n) is 3.49. The Morgan fingerprint density at radius 3 is 2.36 bits per heavy atom. The van der Waals surface area contributed by atoms with E-state index in [-0.39, 0.29) is 0 Å². The van der Waals surface area contributed by atoms with Crippen molar-refractivity contribution in [1.82, 2.24) is 4.90 Å². The van der Waals surface area contributed by atoms with E-state index in [9.17, 15) is 0 Å². The zero-order chi connectivity index (χ0) is 10.4. The molecule has 0 heterocycles. The summed E-state index contributed by atoms with van der Waals surface area (Å²) in [6.07, 6.45) is 10.0. The van der Waals surface area contributed by atoms with E-state index in [1.165, 1.54) is 51.5 Å². The third-order valence-corrected chi connectivity index (χ3v) is 3.49. The van der Waals surface area contributed by atoms with Crippen LogP contribution >= 0.6 is 0 Å². The largest absolute Gasteiger partial charge is 0.303 e. The standard InChI is InChI=1S/C13H27N/c1-12(2)8-7-11-14(3)13-9-5-4-6-10-13/h12-13H,4-11H2,1-3H3. The first kappa shape index (κ1) is 12.0. The fourth-order valence-electron chi connectivity index (χ4n) is 2.45. The van der Waals surface area contributed by atoms with Crippen LogP contribution in [0.3, 0.4) is 0 Å². The summed E-state index contributed by atoms with van der Waals surface area (Å²) in [6, 6.07) is 0.899.